The number of anilines is 1. The first kappa shape index (κ1) is 21.7. The van der Waals surface area contributed by atoms with Crippen molar-refractivity contribution in [1.29, 1.82) is 0 Å². The maximum Gasteiger partial charge on any atom is 0.248 e. The van der Waals surface area contributed by atoms with Crippen LogP contribution in [0.15, 0.2) is 30.3 Å². The topological polar surface area (TPSA) is 66.0 Å². The van der Waals surface area contributed by atoms with Gasteiger partial charge in [-0.2, -0.15) is 0 Å². The van der Waals surface area contributed by atoms with Crippen molar-refractivity contribution in [2.24, 2.45) is 0 Å². The Morgan fingerprint density at radius 3 is 2.29 bits per heavy atom. The molecule has 0 aliphatic rings. The van der Waals surface area contributed by atoms with Gasteiger partial charge in [-0.05, 0) is 30.7 Å². The molecule has 28 heavy (non-hydrogen) atoms. The van der Waals surface area contributed by atoms with Gasteiger partial charge in [0.05, 0.1) is 43.7 Å². The summed E-state index contributed by atoms with van der Waals surface area (Å²) in [5.74, 6) is 1.42. The van der Waals surface area contributed by atoms with E-state index in [9.17, 15) is 4.79 Å². The molecule has 0 fully saturated rings. The van der Waals surface area contributed by atoms with Crippen LogP contribution in [0.25, 0.3) is 6.08 Å². The van der Waals surface area contributed by atoms with E-state index in [1.54, 1.807) is 30.3 Å². The van der Waals surface area contributed by atoms with Gasteiger partial charge in [0.1, 0.15) is 11.5 Å². The highest BCUT2D eigenvalue weighted by atomic mass is 35.5. The molecular weight excluding hydrogens is 405 g/mol. The Labute approximate surface area is 173 Å². The largest absolute Gasteiger partial charge is 0.495 e. The minimum atomic E-state index is -0.368. The third kappa shape index (κ3) is 5.24. The predicted octanol–water partition coefficient (Wildman–Crippen LogP) is 5.07. The number of methoxy groups -OCH3 is 3. The number of carbonyl (C=O) groups excluding carboxylic acids is 1. The molecule has 8 heteroatoms. The van der Waals surface area contributed by atoms with Gasteiger partial charge < -0.3 is 24.3 Å². The molecule has 0 unspecified atom stereocenters. The van der Waals surface area contributed by atoms with Crippen molar-refractivity contribution < 1.29 is 23.7 Å². The van der Waals surface area contributed by atoms with Crippen molar-refractivity contribution in [3.8, 4) is 23.0 Å². The number of carbonyl (C=O) groups is 1. The van der Waals surface area contributed by atoms with Crippen LogP contribution in [-0.4, -0.2) is 33.8 Å². The molecule has 2 rings (SSSR count). The number of halogens is 2. The monoisotopic (exact) mass is 425 g/mol. The number of rotatable bonds is 8. The maximum atomic E-state index is 12.3. The van der Waals surface area contributed by atoms with E-state index in [4.69, 9.17) is 42.1 Å². The molecule has 0 atom stereocenters. The van der Waals surface area contributed by atoms with Crippen molar-refractivity contribution >= 4 is 40.9 Å². The Hall–Kier alpha value is -2.57. The summed E-state index contributed by atoms with van der Waals surface area (Å²) in [4.78, 5) is 12.3. The standard InChI is InChI=1S/C20H21Cl2NO5/c1-5-28-18-9-12(8-14(22)20(18)27-4)6-7-19(24)23-15-11-16(25-2)13(21)10-17(15)26-3/h6-11H,5H2,1-4H3,(H,23,24)/b7-6+. The number of amides is 1. The second-order valence-corrected chi connectivity index (χ2v) is 6.29. The molecule has 0 spiro atoms. The lowest BCUT2D eigenvalue weighted by Crippen LogP contribution is -2.09. The van der Waals surface area contributed by atoms with Crippen molar-refractivity contribution in [3.63, 3.8) is 0 Å². The van der Waals surface area contributed by atoms with Crippen molar-refractivity contribution in [1.82, 2.24) is 0 Å². The molecule has 0 radical (unpaired) electrons. The summed E-state index contributed by atoms with van der Waals surface area (Å²) in [5.41, 5.74) is 1.12. The highest BCUT2D eigenvalue weighted by Crippen LogP contribution is 2.37. The molecule has 0 heterocycles. The molecule has 150 valence electrons. The molecule has 0 aliphatic heterocycles. The first-order valence-corrected chi connectivity index (χ1v) is 9.10. The van der Waals surface area contributed by atoms with E-state index >= 15 is 0 Å². The van der Waals surface area contributed by atoms with Crippen LogP contribution >= 0.6 is 23.2 Å². The minimum Gasteiger partial charge on any atom is -0.495 e. The third-order valence-electron chi connectivity index (χ3n) is 3.69. The summed E-state index contributed by atoms with van der Waals surface area (Å²) in [6, 6.07) is 6.57. The van der Waals surface area contributed by atoms with Crippen LogP contribution in [0.3, 0.4) is 0 Å². The highest BCUT2D eigenvalue weighted by molar-refractivity contribution is 6.32. The van der Waals surface area contributed by atoms with Crippen molar-refractivity contribution in [2.45, 2.75) is 6.92 Å². The molecular formula is C20H21Cl2NO5. The molecule has 0 aliphatic carbocycles. The molecule has 0 aromatic heterocycles. The fraction of sp³-hybridized carbons (Fsp3) is 0.250. The van der Waals surface area contributed by atoms with Gasteiger partial charge in [0.2, 0.25) is 5.91 Å². The Bertz CT molecular complexity index is 883. The highest BCUT2D eigenvalue weighted by Gasteiger charge is 2.13. The van der Waals surface area contributed by atoms with E-state index < -0.39 is 0 Å². The molecule has 0 bridgehead atoms. The molecule has 1 amide bonds. The average Bonchev–Trinajstić information content (AvgIpc) is 2.67. The first-order chi connectivity index (χ1) is 13.4. The summed E-state index contributed by atoms with van der Waals surface area (Å²) in [5, 5.41) is 3.50. The molecule has 1 N–H and O–H groups in total. The zero-order valence-electron chi connectivity index (χ0n) is 16.0. The van der Waals surface area contributed by atoms with Gasteiger partial charge in [-0.1, -0.05) is 23.2 Å². The average molecular weight is 426 g/mol. The van der Waals surface area contributed by atoms with Crippen LogP contribution in [0, 0.1) is 0 Å². The Balaban J connectivity index is 2.23. The first-order valence-electron chi connectivity index (χ1n) is 8.34. The molecule has 6 nitrogen and oxygen atoms in total. The summed E-state index contributed by atoms with van der Waals surface area (Å²) in [6.07, 6.45) is 2.98. The lowest BCUT2D eigenvalue weighted by atomic mass is 10.2. The second-order valence-electron chi connectivity index (χ2n) is 5.48. The summed E-state index contributed by atoms with van der Waals surface area (Å²) in [6.45, 7) is 2.32. The van der Waals surface area contributed by atoms with Crippen LogP contribution in [0.2, 0.25) is 10.0 Å². The van der Waals surface area contributed by atoms with Crippen LogP contribution in [-0.2, 0) is 4.79 Å². The molecule has 0 saturated carbocycles. The Morgan fingerprint density at radius 1 is 0.964 bits per heavy atom. The summed E-state index contributed by atoms with van der Waals surface area (Å²) in [7, 11) is 4.49. The van der Waals surface area contributed by atoms with Gasteiger partial charge in [-0.25, -0.2) is 0 Å². The van der Waals surface area contributed by atoms with Crippen LogP contribution < -0.4 is 24.3 Å². The second kappa shape index (κ2) is 10.1. The van der Waals surface area contributed by atoms with E-state index in [1.165, 1.54) is 27.4 Å². The smallest absolute Gasteiger partial charge is 0.248 e. The number of ether oxygens (including phenoxy) is 4. The molecule has 0 saturated heterocycles. The molecule has 2 aromatic rings. The van der Waals surface area contributed by atoms with Crippen LogP contribution in [0.5, 0.6) is 23.0 Å². The fourth-order valence-electron chi connectivity index (χ4n) is 2.45. The molecule has 2 aromatic carbocycles. The number of benzene rings is 2. The van der Waals surface area contributed by atoms with Gasteiger partial charge in [-0.15, -0.1) is 0 Å². The van der Waals surface area contributed by atoms with Crippen LogP contribution in [0.1, 0.15) is 12.5 Å². The Morgan fingerprint density at radius 2 is 1.68 bits per heavy atom. The third-order valence-corrected chi connectivity index (χ3v) is 4.27. The zero-order chi connectivity index (χ0) is 20.7. The number of nitrogens with one attached hydrogen (secondary N) is 1. The normalized spacial score (nSPS) is 10.6. The van der Waals surface area contributed by atoms with Crippen molar-refractivity contribution in [3.05, 3.63) is 46.0 Å². The van der Waals surface area contributed by atoms with Crippen LogP contribution in [0.4, 0.5) is 5.69 Å². The van der Waals surface area contributed by atoms with E-state index in [-0.39, 0.29) is 5.91 Å². The lowest BCUT2D eigenvalue weighted by molar-refractivity contribution is -0.111. The SMILES string of the molecule is CCOc1cc(/C=C/C(=O)Nc2cc(OC)c(Cl)cc2OC)cc(Cl)c1OC. The summed E-state index contributed by atoms with van der Waals surface area (Å²) >= 11 is 12.3. The quantitative estimate of drug-likeness (QED) is 0.597. The van der Waals surface area contributed by atoms with Gasteiger partial charge >= 0.3 is 0 Å². The fourth-order valence-corrected chi connectivity index (χ4v) is 2.98. The van der Waals surface area contributed by atoms with E-state index in [2.05, 4.69) is 5.32 Å². The van der Waals surface area contributed by atoms with Gasteiger partial charge in [0.15, 0.2) is 11.5 Å². The van der Waals surface area contributed by atoms with Gasteiger partial charge in [0, 0.05) is 18.2 Å². The minimum absolute atomic E-state index is 0.368. The zero-order valence-corrected chi connectivity index (χ0v) is 17.5. The maximum absolute atomic E-state index is 12.3. The predicted molar refractivity (Wildman–Crippen MR) is 111 cm³/mol. The van der Waals surface area contributed by atoms with E-state index in [0.29, 0.717) is 50.9 Å². The van der Waals surface area contributed by atoms with Gasteiger partial charge in [0.25, 0.3) is 0 Å². The lowest BCUT2D eigenvalue weighted by Gasteiger charge is -2.12. The van der Waals surface area contributed by atoms with Crippen molar-refractivity contribution in [2.75, 3.05) is 33.3 Å². The summed E-state index contributed by atoms with van der Waals surface area (Å²) < 4.78 is 21.2. The van der Waals surface area contributed by atoms with E-state index in [0.717, 1.165) is 0 Å². The number of hydrogen-bond donors (Lipinski definition) is 1. The Kier molecular flexibility index (Phi) is 7.84. The number of hydrogen-bond acceptors (Lipinski definition) is 5. The van der Waals surface area contributed by atoms with Gasteiger partial charge in [-0.3, -0.25) is 4.79 Å². The van der Waals surface area contributed by atoms with E-state index in [1.807, 2.05) is 6.92 Å².